The van der Waals surface area contributed by atoms with E-state index in [4.69, 9.17) is 23.7 Å². The summed E-state index contributed by atoms with van der Waals surface area (Å²) in [7, 11) is 0. The summed E-state index contributed by atoms with van der Waals surface area (Å²) in [6, 6.07) is 0. The van der Waals surface area contributed by atoms with Crippen molar-refractivity contribution in [2.45, 2.75) is 70.2 Å². The van der Waals surface area contributed by atoms with Crippen LogP contribution in [0.3, 0.4) is 0 Å². The average Bonchev–Trinajstić information content (AvgIpc) is 3.20. The molecule has 0 aromatic heterocycles. The summed E-state index contributed by atoms with van der Waals surface area (Å²) in [5.74, 6) is -0.593. The molecule has 0 N–H and O–H groups in total. The van der Waals surface area contributed by atoms with Gasteiger partial charge in [0.05, 0.1) is 30.3 Å². The fraction of sp³-hybridized carbons (Fsp3) is 0.773. The Balaban J connectivity index is 1.37. The highest BCUT2D eigenvalue weighted by Crippen LogP contribution is 2.72. The second kappa shape index (κ2) is 5.93. The van der Waals surface area contributed by atoms with Crippen LogP contribution in [-0.4, -0.2) is 55.2 Å². The third-order valence-corrected chi connectivity index (χ3v) is 8.66. The first-order chi connectivity index (χ1) is 14.3. The van der Waals surface area contributed by atoms with E-state index in [1.807, 2.05) is 0 Å². The molecule has 2 spiro atoms. The minimum absolute atomic E-state index is 0.0783. The summed E-state index contributed by atoms with van der Waals surface area (Å²) < 4.78 is 28.7. The number of rotatable bonds is 2. The van der Waals surface area contributed by atoms with E-state index in [0.29, 0.717) is 31.6 Å². The molecule has 0 radical (unpaired) electrons. The zero-order valence-corrected chi connectivity index (χ0v) is 17.2. The Bertz CT molecular complexity index is 874. The SMILES string of the molecule is CC(=O)O[C@H]1C=C([C@@H]2C[C@]34[C@@H](OC[C@@]5(C(=O)C[C@H]3C)[C@@H]4CCC[C@]53CO3)O2)C(=O)O1. The highest BCUT2D eigenvalue weighted by Gasteiger charge is 2.79. The molecule has 2 bridgehead atoms. The number of hydrogen-bond acceptors (Lipinski definition) is 8. The first-order valence-electron chi connectivity index (χ1n) is 10.9. The number of carbonyl (C=O) groups excluding carboxylic acids is 3. The molecular weight excluding hydrogens is 392 g/mol. The number of Topliss-reactive ketones (excluding diaryl/α,β-unsaturated/α-hetero) is 1. The highest BCUT2D eigenvalue weighted by molar-refractivity contribution is 5.92. The molecule has 6 rings (SSSR count). The zero-order chi connectivity index (χ0) is 20.9. The number of ether oxygens (including phenoxy) is 5. The quantitative estimate of drug-likeness (QED) is 0.493. The molecule has 162 valence electrons. The van der Waals surface area contributed by atoms with E-state index in [0.717, 1.165) is 19.3 Å². The van der Waals surface area contributed by atoms with Gasteiger partial charge in [-0.05, 0) is 31.1 Å². The van der Waals surface area contributed by atoms with Crippen molar-refractivity contribution in [1.29, 1.82) is 0 Å². The van der Waals surface area contributed by atoms with Gasteiger partial charge in [0, 0.05) is 24.8 Å². The van der Waals surface area contributed by atoms with E-state index in [9.17, 15) is 14.4 Å². The van der Waals surface area contributed by atoms with Crippen LogP contribution in [0.2, 0.25) is 0 Å². The monoisotopic (exact) mass is 418 g/mol. The third-order valence-electron chi connectivity index (χ3n) is 8.66. The smallest absolute Gasteiger partial charge is 0.339 e. The topological polar surface area (TPSA) is 101 Å². The van der Waals surface area contributed by atoms with Gasteiger partial charge in [0.1, 0.15) is 11.4 Å². The Morgan fingerprint density at radius 1 is 1.27 bits per heavy atom. The van der Waals surface area contributed by atoms with Gasteiger partial charge in [-0.3, -0.25) is 9.59 Å². The number of carbonyl (C=O) groups is 3. The average molecular weight is 418 g/mol. The molecule has 8 heteroatoms. The Hall–Kier alpha value is -1.77. The van der Waals surface area contributed by atoms with Crippen molar-refractivity contribution in [3.8, 4) is 0 Å². The maximum absolute atomic E-state index is 13.4. The van der Waals surface area contributed by atoms with Crippen molar-refractivity contribution in [3.63, 3.8) is 0 Å². The lowest BCUT2D eigenvalue weighted by Gasteiger charge is -2.63. The van der Waals surface area contributed by atoms with Gasteiger partial charge in [-0.2, -0.15) is 0 Å². The Kier molecular flexibility index (Phi) is 3.74. The zero-order valence-electron chi connectivity index (χ0n) is 17.2. The Labute approximate surface area is 174 Å². The minimum Gasteiger partial charge on any atom is -0.421 e. The number of esters is 2. The van der Waals surface area contributed by atoms with Gasteiger partial charge in [-0.1, -0.05) is 13.3 Å². The van der Waals surface area contributed by atoms with Crippen molar-refractivity contribution in [2.75, 3.05) is 13.2 Å². The molecular formula is C22H26O8. The number of epoxide rings is 1. The van der Waals surface area contributed by atoms with E-state index in [1.165, 1.54) is 13.0 Å². The van der Waals surface area contributed by atoms with E-state index in [1.54, 1.807) is 0 Å². The minimum atomic E-state index is -1.02. The molecule has 30 heavy (non-hydrogen) atoms. The van der Waals surface area contributed by atoms with Gasteiger partial charge >= 0.3 is 11.9 Å². The number of hydrogen-bond donors (Lipinski definition) is 0. The maximum Gasteiger partial charge on any atom is 0.339 e. The molecule has 4 aliphatic heterocycles. The largest absolute Gasteiger partial charge is 0.421 e. The van der Waals surface area contributed by atoms with Gasteiger partial charge < -0.3 is 23.7 Å². The third kappa shape index (κ3) is 2.14. The van der Waals surface area contributed by atoms with Crippen molar-refractivity contribution >= 4 is 17.7 Å². The maximum atomic E-state index is 13.4. The fourth-order valence-electron chi connectivity index (χ4n) is 7.30. The van der Waals surface area contributed by atoms with Crippen LogP contribution >= 0.6 is 0 Å². The van der Waals surface area contributed by atoms with Crippen molar-refractivity contribution < 1.29 is 38.1 Å². The summed E-state index contributed by atoms with van der Waals surface area (Å²) in [6.07, 6.45) is 3.46. The first-order valence-corrected chi connectivity index (χ1v) is 10.9. The van der Waals surface area contributed by atoms with Crippen LogP contribution in [0.4, 0.5) is 0 Å². The summed E-state index contributed by atoms with van der Waals surface area (Å²) in [6.45, 7) is 4.32. The molecule has 0 aromatic carbocycles. The van der Waals surface area contributed by atoms with Crippen LogP contribution < -0.4 is 0 Å². The van der Waals surface area contributed by atoms with Gasteiger partial charge in [0.25, 0.3) is 6.29 Å². The molecule has 0 amide bonds. The summed E-state index contributed by atoms with van der Waals surface area (Å²) in [5.41, 5.74) is -0.958. The van der Waals surface area contributed by atoms with Gasteiger partial charge in [0.15, 0.2) is 6.29 Å². The van der Waals surface area contributed by atoms with Crippen molar-refractivity contribution in [1.82, 2.24) is 0 Å². The number of ketones is 1. The lowest BCUT2D eigenvalue weighted by Crippen LogP contribution is -2.70. The van der Waals surface area contributed by atoms with Gasteiger partial charge in [-0.25, -0.2) is 4.79 Å². The van der Waals surface area contributed by atoms with Crippen molar-refractivity contribution in [2.24, 2.45) is 22.7 Å². The molecule has 0 unspecified atom stereocenters. The van der Waals surface area contributed by atoms with E-state index < -0.39 is 36.0 Å². The number of cyclic esters (lactones) is 1. The van der Waals surface area contributed by atoms with Crippen LogP contribution in [0.5, 0.6) is 0 Å². The Morgan fingerprint density at radius 2 is 2.07 bits per heavy atom. The summed E-state index contributed by atoms with van der Waals surface area (Å²) in [4.78, 5) is 37.1. The molecule has 0 aromatic rings. The second-order valence-electron chi connectivity index (χ2n) is 9.82. The molecule has 8 atom stereocenters. The standard InChI is InChI=1S/C22H26O8/c1-11-6-16(24)22-10-26-19-21(11,15(22)4-3-5-20(22)9-27-20)8-14(29-19)13-7-17(28-12(2)23)30-18(13)25/h7,11,14-15,17,19H,3-6,8-10H2,1-2H3/t11-,14+,15-,17-,19+,20+,21+,22+/m1/s1. The lowest BCUT2D eigenvalue weighted by atomic mass is 9.42. The van der Waals surface area contributed by atoms with Crippen LogP contribution in [-0.2, 0) is 38.1 Å². The Morgan fingerprint density at radius 3 is 2.80 bits per heavy atom. The van der Waals surface area contributed by atoms with E-state index in [-0.39, 0.29) is 28.6 Å². The predicted octanol–water partition coefficient (Wildman–Crippen LogP) is 1.65. The van der Waals surface area contributed by atoms with Crippen LogP contribution in [0.15, 0.2) is 11.6 Å². The van der Waals surface area contributed by atoms with Crippen molar-refractivity contribution in [3.05, 3.63) is 11.6 Å². The van der Waals surface area contributed by atoms with Crippen LogP contribution in [0.1, 0.15) is 46.0 Å². The molecule has 4 heterocycles. The molecule has 2 aliphatic carbocycles. The molecule has 5 fully saturated rings. The van der Waals surface area contributed by atoms with Crippen LogP contribution in [0, 0.1) is 22.7 Å². The fourth-order valence-corrected chi connectivity index (χ4v) is 7.30. The lowest BCUT2D eigenvalue weighted by molar-refractivity contribution is -0.292. The normalized spacial score (nSPS) is 51.1. The van der Waals surface area contributed by atoms with Gasteiger partial charge in [0.2, 0.25) is 0 Å². The summed E-state index contributed by atoms with van der Waals surface area (Å²) >= 11 is 0. The van der Waals surface area contributed by atoms with E-state index in [2.05, 4.69) is 6.92 Å². The van der Waals surface area contributed by atoms with Gasteiger partial charge in [-0.15, -0.1) is 0 Å². The van der Waals surface area contributed by atoms with Crippen LogP contribution in [0.25, 0.3) is 0 Å². The predicted molar refractivity (Wildman–Crippen MR) is 98.6 cm³/mol. The highest BCUT2D eigenvalue weighted by atomic mass is 16.7. The second-order valence-corrected chi connectivity index (χ2v) is 9.82. The molecule has 8 nitrogen and oxygen atoms in total. The molecule has 3 saturated heterocycles. The first kappa shape index (κ1) is 19.0. The molecule has 6 aliphatic rings. The van der Waals surface area contributed by atoms with E-state index >= 15 is 0 Å². The molecule has 2 saturated carbocycles. The summed E-state index contributed by atoms with van der Waals surface area (Å²) in [5, 5.41) is 0.